The third-order valence-electron chi connectivity index (χ3n) is 5.67. The van der Waals surface area contributed by atoms with E-state index in [0.717, 1.165) is 42.0 Å². The summed E-state index contributed by atoms with van der Waals surface area (Å²) in [6.07, 6.45) is 0.539. The van der Waals surface area contributed by atoms with Gasteiger partial charge in [0.1, 0.15) is 6.61 Å². The number of rotatable bonds is 5. The molecule has 3 heterocycles. The second kappa shape index (κ2) is 9.76. The SMILES string of the molecule is COC1CN(C)CCc2cc(NC(=O)OC3(NC(=O)c4ccc(Cl)s4)CCOC3)ccc21. The molecule has 4 rings (SSSR count). The first-order chi connectivity index (χ1) is 15.4. The van der Waals surface area contributed by atoms with Crippen molar-refractivity contribution in [3.8, 4) is 0 Å². The summed E-state index contributed by atoms with van der Waals surface area (Å²) in [6.45, 7) is 2.18. The van der Waals surface area contributed by atoms with Crippen molar-refractivity contribution in [3.63, 3.8) is 0 Å². The van der Waals surface area contributed by atoms with Gasteiger partial charge >= 0.3 is 6.09 Å². The zero-order chi connectivity index (χ0) is 22.7. The number of hydrogen-bond acceptors (Lipinski definition) is 7. The lowest BCUT2D eigenvalue weighted by Crippen LogP contribution is -2.52. The van der Waals surface area contributed by atoms with Crippen LogP contribution in [-0.2, 0) is 20.6 Å². The van der Waals surface area contributed by atoms with E-state index in [-0.39, 0.29) is 18.6 Å². The van der Waals surface area contributed by atoms with Crippen LogP contribution in [0.2, 0.25) is 4.34 Å². The Morgan fingerprint density at radius 2 is 2.16 bits per heavy atom. The van der Waals surface area contributed by atoms with Crippen LogP contribution in [0.5, 0.6) is 0 Å². The standard InChI is InChI=1S/C22H26ClN3O5S/c1-26-9-7-14-11-15(3-4-16(14)17(12-26)29-2)24-21(28)31-22(8-10-30-13-22)25-20(27)18-5-6-19(23)32-18/h3-6,11,17H,7-10,12-13H2,1-2H3,(H,24,28)(H,25,27). The Kier molecular flexibility index (Phi) is 7.02. The Bertz CT molecular complexity index is 992. The molecule has 2 aliphatic rings. The highest BCUT2D eigenvalue weighted by molar-refractivity contribution is 7.18. The van der Waals surface area contributed by atoms with Crippen LogP contribution in [0.25, 0.3) is 0 Å². The van der Waals surface area contributed by atoms with E-state index in [1.165, 1.54) is 0 Å². The number of nitrogens with one attached hydrogen (secondary N) is 2. The zero-order valence-electron chi connectivity index (χ0n) is 18.0. The first kappa shape index (κ1) is 23.0. The number of likely N-dealkylation sites (N-methyl/N-ethyl adjacent to an activating group) is 1. The summed E-state index contributed by atoms with van der Waals surface area (Å²) in [5.41, 5.74) is 1.64. The predicted molar refractivity (Wildman–Crippen MR) is 122 cm³/mol. The van der Waals surface area contributed by atoms with E-state index >= 15 is 0 Å². The lowest BCUT2D eigenvalue weighted by Gasteiger charge is -2.28. The summed E-state index contributed by atoms with van der Waals surface area (Å²) in [6, 6.07) is 9.05. The molecule has 8 nitrogen and oxygen atoms in total. The van der Waals surface area contributed by atoms with Gasteiger partial charge in [0.15, 0.2) is 0 Å². The molecule has 2 atom stereocenters. The van der Waals surface area contributed by atoms with Crippen molar-refractivity contribution >= 4 is 40.6 Å². The number of halogens is 1. The number of thiophene rings is 1. The first-order valence-corrected chi connectivity index (χ1v) is 11.6. The highest BCUT2D eigenvalue weighted by atomic mass is 35.5. The molecule has 0 radical (unpaired) electrons. The van der Waals surface area contributed by atoms with Gasteiger partial charge in [-0.2, -0.15) is 0 Å². The van der Waals surface area contributed by atoms with Crippen LogP contribution >= 0.6 is 22.9 Å². The van der Waals surface area contributed by atoms with Gasteiger partial charge in [0, 0.05) is 32.3 Å². The second-order valence-electron chi connectivity index (χ2n) is 8.02. The Morgan fingerprint density at radius 3 is 2.84 bits per heavy atom. The fraction of sp³-hybridized carbons (Fsp3) is 0.455. The highest BCUT2D eigenvalue weighted by Gasteiger charge is 2.41. The Morgan fingerprint density at radius 1 is 1.31 bits per heavy atom. The Hall–Kier alpha value is -2.17. The van der Waals surface area contributed by atoms with E-state index in [2.05, 4.69) is 22.6 Å². The molecule has 0 spiro atoms. The average Bonchev–Trinajstić information content (AvgIpc) is 3.36. The molecule has 10 heteroatoms. The van der Waals surface area contributed by atoms with Crippen molar-refractivity contribution in [2.45, 2.75) is 24.7 Å². The number of nitrogens with zero attached hydrogens (tertiary/aromatic N) is 1. The number of ether oxygens (including phenoxy) is 3. The molecular weight excluding hydrogens is 454 g/mol. The van der Waals surface area contributed by atoms with Gasteiger partial charge in [-0.15, -0.1) is 11.3 Å². The van der Waals surface area contributed by atoms with Crippen LogP contribution in [0.3, 0.4) is 0 Å². The molecule has 0 saturated carbocycles. The van der Waals surface area contributed by atoms with Crippen molar-refractivity contribution in [1.29, 1.82) is 0 Å². The molecule has 32 heavy (non-hydrogen) atoms. The smallest absolute Gasteiger partial charge is 0.413 e. The van der Waals surface area contributed by atoms with Crippen LogP contribution < -0.4 is 10.6 Å². The monoisotopic (exact) mass is 479 g/mol. The number of fused-ring (bicyclic) bond motifs is 1. The molecule has 2 aliphatic heterocycles. The van der Waals surface area contributed by atoms with E-state index in [9.17, 15) is 9.59 Å². The number of anilines is 1. The molecular formula is C22H26ClN3O5S. The van der Waals surface area contributed by atoms with Gasteiger partial charge < -0.3 is 24.4 Å². The molecule has 0 aliphatic carbocycles. The van der Waals surface area contributed by atoms with Gasteiger partial charge in [-0.1, -0.05) is 17.7 Å². The molecule has 1 saturated heterocycles. The van der Waals surface area contributed by atoms with Crippen molar-refractivity contribution in [3.05, 3.63) is 50.7 Å². The number of carbonyl (C=O) groups is 2. The number of benzene rings is 1. The zero-order valence-corrected chi connectivity index (χ0v) is 19.6. The van der Waals surface area contributed by atoms with Gasteiger partial charge in [-0.25, -0.2) is 4.79 Å². The largest absolute Gasteiger partial charge is 0.420 e. The molecule has 1 aromatic heterocycles. The first-order valence-electron chi connectivity index (χ1n) is 10.4. The van der Waals surface area contributed by atoms with Gasteiger partial charge in [0.2, 0.25) is 5.72 Å². The number of methoxy groups -OCH3 is 1. The van der Waals surface area contributed by atoms with E-state index in [4.69, 9.17) is 25.8 Å². The van der Waals surface area contributed by atoms with Gasteiger partial charge in [0.05, 0.1) is 21.9 Å². The van der Waals surface area contributed by atoms with Crippen LogP contribution in [0.1, 0.15) is 33.3 Å². The lowest BCUT2D eigenvalue weighted by atomic mass is 10.0. The Balaban J connectivity index is 1.44. The third-order valence-corrected chi connectivity index (χ3v) is 6.90. The molecule has 2 unspecified atom stereocenters. The minimum Gasteiger partial charge on any atom is -0.420 e. The normalized spacial score (nSPS) is 23.3. The van der Waals surface area contributed by atoms with Crippen LogP contribution in [0, 0.1) is 0 Å². The maximum atomic E-state index is 12.7. The van der Waals surface area contributed by atoms with Crippen molar-refractivity contribution in [1.82, 2.24) is 10.2 Å². The number of amides is 2. The molecule has 0 bridgehead atoms. The second-order valence-corrected chi connectivity index (χ2v) is 9.73. The molecule has 2 aromatic rings. The minimum absolute atomic E-state index is 0.0154. The summed E-state index contributed by atoms with van der Waals surface area (Å²) in [5, 5.41) is 5.58. The summed E-state index contributed by atoms with van der Waals surface area (Å²) < 4.78 is 17.2. The molecule has 2 amide bonds. The minimum atomic E-state index is -1.23. The maximum Gasteiger partial charge on any atom is 0.413 e. The van der Waals surface area contributed by atoms with Gasteiger partial charge in [0.25, 0.3) is 5.91 Å². The van der Waals surface area contributed by atoms with Gasteiger partial charge in [-0.05, 0) is 48.9 Å². The topological polar surface area (TPSA) is 89.1 Å². The third kappa shape index (κ3) is 5.24. The van der Waals surface area contributed by atoms with Crippen LogP contribution in [-0.4, -0.2) is 63.1 Å². The summed E-state index contributed by atoms with van der Waals surface area (Å²) in [5.74, 6) is -0.361. The van der Waals surface area contributed by atoms with Crippen molar-refractivity contribution < 1.29 is 23.8 Å². The lowest BCUT2D eigenvalue weighted by molar-refractivity contribution is -0.0113. The fourth-order valence-corrected chi connectivity index (χ4v) is 4.91. The maximum absolute atomic E-state index is 12.7. The molecule has 1 fully saturated rings. The number of carbonyl (C=O) groups excluding carboxylic acids is 2. The van der Waals surface area contributed by atoms with Crippen LogP contribution in [0.15, 0.2) is 30.3 Å². The summed E-state index contributed by atoms with van der Waals surface area (Å²) in [7, 11) is 3.77. The average molecular weight is 480 g/mol. The van der Waals surface area contributed by atoms with Gasteiger partial charge in [-0.3, -0.25) is 10.1 Å². The molecule has 1 aromatic carbocycles. The van der Waals surface area contributed by atoms with E-state index in [0.29, 0.717) is 27.9 Å². The van der Waals surface area contributed by atoms with Crippen molar-refractivity contribution in [2.24, 2.45) is 0 Å². The van der Waals surface area contributed by atoms with Crippen molar-refractivity contribution in [2.75, 3.05) is 45.8 Å². The molecule has 2 N–H and O–H groups in total. The van der Waals surface area contributed by atoms with E-state index in [1.807, 2.05) is 18.2 Å². The predicted octanol–water partition coefficient (Wildman–Crippen LogP) is 3.67. The fourth-order valence-electron chi connectivity index (χ4n) is 3.98. The van der Waals surface area contributed by atoms with E-state index in [1.54, 1.807) is 19.2 Å². The highest BCUT2D eigenvalue weighted by Crippen LogP contribution is 2.29. The van der Waals surface area contributed by atoms with E-state index < -0.39 is 11.8 Å². The molecule has 172 valence electrons. The quantitative estimate of drug-likeness (QED) is 0.636. The van der Waals surface area contributed by atoms with Crippen LogP contribution in [0.4, 0.5) is 10.5 Å². The number of hydrogen-bond donors (Lipinski definition) is 2. The Labute approximate surface area is 195 Å². The summed E-state index contributed by atoms with van der Waals surface area (Å²) in [4.78, 5) is 28.0. The summed E-state index contributed by atoms with van der Waals surface area (Å²) >= 11 is 7.08.